The molecule has 0 radical (unpaired) electrons. The van der Waals surface area contributed by atoms with Gasteiger partial charge in [0.05, 0.1) is 7.11 Å². The van der Waals surface area contributed by atoms with E-state index in [1.54, 1.807) is 13.0 Å². The summed E-state index contributed by atoms with van der Waals surface area (Å²) in [7, 11) is 1.37. The van der Waals surface area contributed by atoms with Gasteiger partial charge in [-0.05, 0) is 49.9 Å². The van der Waals surface area contributed by atoms with Gasteiger partial charge in [0.25, 0.3) is 5.91 Å². The average molecular weight is 503 g/mol. The molecule has 0 aliphatic rings. The Labute approximate surface area is 211 Å². The highest BCUT2D eigenvalue weighted by Crippen LogP contribution is 2.36. The van der Waals surface area contributed by atoms with Gasteiger partial charge in [0, 0.05) is 25.1 Å². The summed E-state index contributed by atoms with van der Waals surface area (Å²) in [5.74, 6) is -2.27. The minimum absolute atomic E-state index is 0.139. The number of carbonyl (C=O) groups excluding carboxylic acids is 3. The number of methoxy groups -OCH3 is 1. The Morgan fingerprint density at radius 2 is 1.78 bits per heavy atom. The first-order valence-corrected chi connectivity index (χ1v) is 12.0. The third-order valence-electron chi connectivity index (χ3n) is 6.21. The molecule has 0 bridgehead atoms. The van der Waals surface area contributed by atoms with Gasteiger partial charge >= 0.3 is 11.9 Å². The van der Waals surface area contributed by atoms with E-state index in [-0.39, 0.29) is 34.8 Å². The number of aryl methyl sites for hydroxylation is 1. The van der Waals surface area contributed by atoms with Crippen molar-refractivity contribution in [1.82, 2.24) is 10.3 Å². The number of amides is 1. The first-order valence-electron chi connectivity index (χ1n) is 12.0. The number of pyridine rings is 1. The molecule has 0 spiro atoms. The Kier molecular flexibility index (Phi) is 10.4. The molecule has 0 aliphatic carbocycles. The number of rotatable bonds is 11. The van der Waals surface area contributed by atoms with Crippen LogP contribution >= 0.6 is 0 Å². The van der Waals surface area contributed by atoms with Gasteiger partial charge in [0.1, 0.15) is 18.0 Å². The van der Waals surface area contributed by atoms with Gasteiger partial charge in [0.2, 0.25) is 5.75 Å². The summed E-state index contributed by atoms with van der Waals surface area (Å²) >= 11 is 0. The van der Waals surface area contributed by atoms with E-state index in [0.717, 1.165) is 24.0 Å². The molecule has 1 N–H and O–H groups in total. The number of aromatic nitrogens is 1. The molecular weight excluding hydrogens is 467 g/mol. The lowest BCUT2D eigenvalue weighted by molar-refractivity contribution is -0.152. The zero-order chi connectivity index (χ0) is 27.0. The van der Waals surface area contributed by atoms with Gasteiger partial charge in [-0.1, -0.05) is 32.8 Å². The lowest BCUT2D eigenvalue weighted by Crippen LogP contribution is -2.42. The van der Waals surface area contributed by atoms with Crippen molar-refractivity contribution in [2.75, 3.05) is 7.11 Å². The van der Waals surface area contributed by atoms with Gasteiger partial charge < -0.3 is 19.5 Å². The molecule has 2 aromatic rings. The first-order chi connectivity index (χ1) is 17.0. The largest absolute Gasteiger partial charge is 0.493 e. The quantitative estimate of drug-likeness (QED) is 0.443. The zero-order valence-corrected chi connectivity index (χ0v) is 21.9. The summed E-state index contributed by atoms with van der Waals surface area (Å²) in [5.41, 5.74) is 1.51. The van der Waals surface area contributed by atoms with Crippen LogP contribution in [0.3, 0.4) is 0 Å². The van der Waals surface area contributed by atoms with Crippen molar-refractivity contribution in [3.05, 3.63) is 53.1 Å². The monoisotopic (exact) mass is 502 g/mol. The summed E-state index contributed by atoms with van der Waals surface area (Å²) in [4.78, 5) is 41.3. The Balaban J connectivity index is 2.22. The molecule has 0 saturated heterocycles. The summed E-state index contributed by atoms with van der Waals surface area (Å²) < 4.78 is 29.8. The zero-order valence-electron chi connectivity index (χ0n) is 21.9. The van der Waals surface area contributed by atoms with Crippen LogP contribution in [0.5, 0.6) is 11.5 Å². The minimum Gasteiger partial charge on any atom is -0.493 e. The number of halogens is 1. The third kappa shape index (κ3) is 7.02. The van der Waals surface area contributed by atoms with E-state index in [1.165, 1.54) is 45.4 Å². The summed E-state index contributed by atoms with van der Waals surface area (Å²) in [6.45, 7) is 10.5. The molecule has 1 heterocycles. The van der Waals surface area contributed by atoms with E-state index in [1.807, 2.05) is 6.92 Å². The van der Waals surface area contributed by atoms with Crippen molar-refractivity contribution in [3.8, 4) is 11.5 Å². The van der Waals surface area contributed by atoms with Gasteiger partial charge in [0.15, 0.2) is 11.4 Å². The maximum atomic E-state index is 13.7. The van der Waals surface area contributed by atoms with Crippen molar-refractivity contribution in [2.24, 2.45) is 5.92 Å². The number of nitrogens with one attached hydrogen (secondary N) is 1. The smallest absolute Gasteiger partial charge is 0.328 e. The van der Waals surface area contributed by atoms with Crippen molar-refractivity contribution in [1.29, 1.82) is 0 Å². The molecule has 0 fully saturated rings. The van der Waals surface area contributed by atoms with Crippen LogP contribution in [0.4, 0.5) is 4.39 Å². The van der Waals surface area contributed by atoms with Crippen molar-refractivity contribution >= 4 is 17.8 Å². The van der Waals surface area contributed by atoms with Crippen LogP contribution in [0.15, 0.2) is 30.5 Å². The SMILES string of the molecule is CCC(CC)[C@H](c1ccc(F)cc1C)[C@H](C)OC(=O)[C@H](C)NC(=O)c1nccc(OC)c1OC(C)=O. The molecule has 2 rings (SSSR count). The number of nitrogens with zero attached hydrogens (tertiary/aromatic N) is 1. The van der Waals surface area contributed by atoms with Crippen molar-refractivity contribution in [3.63, 3.8) is 0 Å². The van der Waals surface area contributed by atoms with Crippen LogP contribution in [0.25, 0.3) is 0 Å². The van der Waals surface area contributed by atoms with Crippen LogP contribution in [-0.4, -0.2) is 42.1 Å². The third-order valence-corrected chi connectivity index (χ3v) is 6.21. The highest BCUT2D eigenvalue weighted by atomic mass is 19.1. The van der Waals surface area contributed by atoms with Gasteiger partial charge in [-0.25, -0.2) is 14.2 Å². The molecule has 9 heteroatoms. The predicted octanol–water partition coefficient (Wildman–Crippen LogP) is 4.73. The van der Waals surface area contributed by atoms with E-state index >= 15 is 0 Å². The predicted molar refractivity (Wildman–Crippen MR) is 133 cm³/mol. The van der Waals surface area contributed by atoms with Crippen LogP contribution < -0.4 is 14.8 Å². The molecule has 8 nitrogen and oxygen atoms in total. The Bertz CT molecular complexity index is 1090. The van der Waals surface area contributed by atoms with Crippen LogP contribution in [0, 0.1) is 18.7 Å². The number of hydrogen-bond donors (Lipinski definition) is 1. The second kappa shape index (κ2) is 13.0. The number of ether oxygens (including phenoxy) is 3. The Hall–Kier alpha value is -3.49. The molecule has 0 unspecified atom stereocenters. The second-order valence-corrected chi connectivity index (χ2v) is 8.73. The van der Waals surface area contributed by atoms with E-state index in [2.05, 4.69) is 24.1 Å². The second-order valence-electron chi connectivity index (χ2n) is 8.73. The highest BCUT2D eigenvalue weighted by Gasteiger charge is 2.32. The molecule has 1 amide bonds. The first kappa shape index (κ1) is 28.7. The van der Waals surface area contributed by atoms with Gasteiger partial charge in [-0.15, -0.1) is 0 Å². The van der Waals surface area contributed by atoms with E-state index < -0.39 is 30.0 Å². The fraction of sp³-hybridized carbons (Fsp3) is 0.481. The van der Waals surface area contributed by atoms with Crippen molar-refractivity contribution < 1.29 is 33.0 Å². The maximum absolute atomic E-state index is 13.7. The Morgan fingerprint density at radius 3 is 2.33 bits per heavy atom. The maximum Gasteiger partial charge on any atom is 0.328 e. The van der Waals surface area contributed by atoms with E-state index in [4.69, 9.17) is 14.2 Å². The van der Waals surface area contributed by atoms with Crippen LogP contribution in [0.1, 0.15) is 75.0 Å². The fourth-order valence-electron chi connectivity index (χ4n) is 4.38. The average Bonchev–Trinajstić information content (AvgIpc) is 2.82. The van der Waals surface area contributed by atoms with Crippen molar-refractivity contribution in [2.45, 2.75) is 72.4 Å². The molecule has 36 heavy (non-hydrogen) atoms. The molecule has 0 aliphatic heterocycles. The summed E-state index contributed by atoms with van der Waals surface area (Å²) in [6, 6.07) is 5.06. The van der Waals surface area contributed by atoms with E-state index in [9.17, 15) is 18.8 Å². The van der Waals surface area contributed by atoms with Crippen LogP contribution in [-0.2, 0) is 14.3 Å². The molecule has 3 atom stereocenters. The van der Waals surface area contributed by atoms with E-state index in [0.29, 0.717) is 0 Å². The van der Waals surface area contributed by atoms with Gasteiger partial charge in [-0.2, -0.15) is 0 Å². The number of benzene rings is 1. The van der Waals surface area contributed by atoms with Gasteiger partial charge in [-0.3, -0.25) is 9.59 Å². The molecule has 1 aromatic carbocycles. The highest BCUT2D eigenvalue weighted by molar-refractivity contribution is 5.98. The summed E-state index contributed by atoms with van der Waals surface area (Å²) in [5, 5.41) is 2.55. The van der Waals surface area contributed by atoms with Crippen LogP contribution in [0.2, 0.25) is 0 Å². The number of hydrogen-bond acceptors (Lipinski definition) is 7. The fourth-order valence-corrected chi connectivity index (χ4v) is 4.38. The minimum atomic E-state index is -1.02. The molecule has 1 aromatic heterocycles. The number of carbonyl (C=O) groups is 3. The topological polar surface area (TPSA) is 104 Å². The lowest BCUT2D eigenvalue weighted by Gasteiger charge is -2.32. The molecule has 196 valence electrons. The molecular formula is C27H35FN2O6. The normalized spacial score (nSPS) is 13.5. The molecule has 0 saturated carbocycles. The standard InChI is InChI=1S/C27H35FN2O6/c1-8-19(9-2)23(21-11-10-20(28)14-15(21)3)17(5)35-27(33)16(4)30-26(32)24-25(36-18(6)31)22(34-7)12-13-29-24/h10-14,16-17,19,23H,8-9H2,1-7H3,(H,30,32)/t16-,17-,23+/m0/s1. The lowest BCUT2D eigenvalue weighted by atomic mass is 9.78. The Morgan fingerprint density at radius 1 is 1.11 bits per heavy atom. The summed E-state index contributed by atoms with van der Waals surface area (Å²) in [6.07, 6.45) is 2.51. The number of esters is 2.